The second kappa shape index (κ2) is 11.8. The third-order valence-electron chi connectivity index (χ3n) is 6.55. The van der Waals surface area contributed by atoms with Crippen molar-refractivity contribution in [3.8, 4) is 5.75 Å². The van der Waals surface area contributed by atoms with E-state index in [1.165, 1.54) is 14.1 Å². The third kappa shape index (κ3) is 6.89. The molecule has 0 saturated carbocycles. The second-order valence-corrected chi connectivity index (χ2v) is 11.0. The molecule has 2 aliphatic rings. The zero-order valence-electron chi connectivity index (χ0n) is 21.7. The number of nitrogens with zero attached hydrogens (tertiary/aromatic N) is 2. The van der Waals surface area contributed by atoms with Gasteiger partial charge in [0.2, 0.25) is 21.8 Å². The van der Waals surface area contributed by atoms with E-state index in [0.29, 0.717) is 0 Å². The van der Waals surface area contributed by atoms with Gasteiger partial charge in [-0.15, -0.1) is 13.2 Å². The Morgan fingerprint density at radius 1 is 1.10 bits per heavy atom. The largest absolute Gasteiger partial charge is 0.573 e. The lowest BCUT2D eigenvalue weighted by atomic mass is 9.78. The zero-order chi connectivity index (χ0) is 31.7. The van der Waals surface area contributed by atoms with Gasteiger partial charge in [-0.3, -0.25) is 24.6 Å². The molecular weight excluding hydrogens is 596 g/mol. The average molecular weight is 622 g/mol. The molecule has 2 heterocycles. The molecule has 12 nitrogen and oxygen atoms in total. The summed E-state index contributed by atoms with van der Waals surface area (Å²) in [5.74, 6) is -7.27. The number of fused-ring (bicyclic) bond motifs is 1. The van der Waals surface area contributed by atoms with E-state index < -0.39 is 75.5 Å². The first-order valence-corrected chi connectivity index (χ1v) is 12.9. The van der Waals surface area contributed by atoms with Crippen LogP contribution in [0.2, 0.25) is 0 Å². The van der Waals surface area contributed by atoms with Gasteiger partial charge in [-0.25, -0.2) is 13.2 Å². The Kier molecular flexibility index (Phi) is 9.72. The maximum atomic E-state index is 13.0. The van der Waals surface area contributed by atoms with Crippen molar-refractivity contribution in [1.29, 1.82) is 0 Å². The fourth-order valence-electron chi connectivity index (χ4n) is 4.63. The summed E-state index contributed by atoms with van der Waals surface area (Å²) in [6.45, 7) is 1.35. The van der Waals surface area contributed by atoms with Crippen LogP contribution in [0.15, 0.2) is 29.2 Å². The maximum absolute atomic E-state index is 13.0. The van der Waals surface area contributed by atoms with Crippen LogP contribution in [0, 0.1) is 11.8 Å². The van der Waals surface area contributed by atoms with Crippen molar-refractivity contribution in [1.82, 2.24) is 14.5 Å². The number of carbonyl (C=O) groups excluding carboxylic acids is 3. The van der Waals surface area contributed by atoms with Crippen molar-refractivity contribution < 1.29 is 68.5 Å². The van der Waals surface area contributed by atoms with Gasteiger partial charge in [-0.2, -0.15) is 17.5 Å². The first-order valence-electron chi connectivity index (χ1n) is 11.4. The minimum Gasteiger partial charge on any atom is -0.475 e. The summed E-state index contributed by atoms with van der Waals surface area (Å²) in [6.07, 6.45) is -9.90. The smallest absolute Gasteiger partial charge is 0.475 e. The van der Waals surface area contributed by atoms with Gasteiger partial charge in [0, 0.05) is 26.7 Å². The number of ether oxygens (including phenoxy) is 2. The number of alkyl halides is 6. The lowest BCUT2D eigenvalue weighted by Gasteiger charge is -2.31. The lowest BCUT2D eigenvalue weighted by Crippen LogP contribution is -2.57. The molecule has 1 aromatic rings. The number of carboxylic acids is 1. The highest BCUT2D eigenvalue weighted by atomic mass is 32.2. The predicted octanol–water partition coefficient (Wildman–Crippen LogP) is 1.36. The molecule has 19 heteroatoms. The molecule has 2 amide bonds. The predicted molar refractivity (Wildman–Crippen MR) is 123 cm³/mol. The van der Waals surface area contributed by atoms with Crippen LogP contribution < -0.4 is 10.1 Å². The van der Waals surface area contributed by atoms with Gasteiger partial charge < -0.3 is 14.6 Å². The molecule has 1 aromatic carbocycles. The van der Waals surface area contributed by atoms with E-state index in [1.807, 2.05) is 0 Å². The van der Waals surface area contributed by atoms with Gasteiger partial charge in [0.1, 0.15) is 11.3 Å². The number of benzene rings is 1. The minimum absolute atomic E-state index is 0.112. The Balaban J connectivity index is 0.000000745. The normalized spacial score (nSPS) is 24.6. The highest BCUT2D eigenvalue weighted by Crippen LogP contribution is 2.45. The van der Waals surface area contributed by atoms with Crippen LogP contribution in [0.4, 0.5) is 26.3 Å². The number of hydrogen-bond acceptors (Lipinski definition) is 9. The molecule has 230 valence electrons. The van der Waals surface area contributed by atoms with Crippen LogP contribution in [0.1, 0.15) is 13.3 Å². The van der Waals surface area contributed by atoms with E-state index in [4.69, 9.17) is 14.6 Å². The quantitative estimate of drug-likeness (QED) is 0.259. The first-order chi connectivity index (χ1) is 18.6. The summed E-state index contributed by atoms with van der Waals surface area (Å²) in [4.78, 5) is 47.8. The molecular formula is C22H25F6N3O9S. The Bertz CT molecular complexity index is 1290. The Morgan fingerprint density at radius 2 is 1.61 bits per heavy atom. The molecule has 4 atom stereocenters. The molecule has 2 fully saturated rings. The molecule has 2 aliphatic heterocycles. The molecule has 3 rings (SSSR count). The van der Waals surface area contributed by atoms with E-state index in [9.17, 15) is 49.1 Å². The van der Waals surface area contributed by atoms with Gasteiger partial charge in [0.25, 0.3) is 0 Å². The number of rotatable bonds is 7. The van der Waals surface area contributed by atoms with Crippen LogP contribution in [0.5, 0.6) is 5.75 Å². The number of esters is 1. The van der Waals surface area contributed by atoms with Crippen LogP contribution in [-0.2, 0) is 33.9 Å². The van der Waals surface area contributed by atoms with Gasteiger partial charge in [-0.05, 0) is 30.7 Å². The Hall–Kier alpha value is -3.45. The van der Waals surface area contributed by atoms with Crippen molar-refractivity contribution in [3.05, 3.63) is 24.3 Å². The molecule has 0 aromatic heterocycles. The lowest BCUT2D eigenvalue weighted by molar-refractivity contribution is -0.274. The van der Waals surface area contributed by atoms with Gasteiger partial charge in [0.15, 0.2) is 0 Å². The van der Waals surface area contributed by atoms with E-state index in [0.717, 1.165) is 40.6 Å². The average Bonchev–Trinajstić information content (AvgIpc) is 3.31. The van der Waals surface area contributed by atoms with E-state index in [-0.39, 0.29) is 17.9 Å². The van der Waals surface area contributed by atoms with E-state index >= 15 is 0 Å². The van der Waals surface area contributed by atoms with Gasteiger partial charge in [-0.1, -0.05) is 6.92 Å². The van der Waals surface area contributed by atoms with Crippen molar-refractivity contribution in [2.75, 3.05) is 27.7 Å². The number of carbonyl (C=O) groups is 4. The molecule has 2 N–H and O–H groups in total. The van der Waals surface area contributed by atoms with Crippen LogP contribution in [0.25, 0.3) is 0 Å². The standard InChI is InChI=1S/C20H24F3N3O7S.C2HF3O2/c1-5-19(18(29)32-4)15-14(16(27)26(3)17(15)28)13(24-19)10-25(2)34(30,31)12-8-6-11(7-9-12)33-20(21,22)23;3-2(4,5)1(6)7/h6-9,13-15,24H,5,10H2,1-4H3;(H,6,7)/t13-,14+,15-,19-;/m1./s1. The number of sulfonamides is 1. The SMILES string of the molecule is CC[C@@]1(C(=O)OC)N[C@H](CN(C)S(=O)(=O)c2ccc(OC(F)(F)F)cc2)[C@@H]2C(=O)N(C)C(=O)[C@@H]21.O=C(O)C(F)(F)F. The molecule has 0 unspecified atom stereocenters. The van der Waals surface area contributed by atoms with Crippen molar-refractivity contribution in [2.24, 2.45) is 11.8 Å². The summed E-state index contributed by atoms with van der Waals surface area (Å²) in [5.41, 5.74) is -1.51. The number of likely N-dealkylation sites (N-methyl/N-ethyl adjacent to an activating group) is 1. The summed E-state index contributed by atoms with van der Waals surface area (Å²) < 4.78 is 104. The Labute approximate surface area is 229 Å². The zero-order valence-corrected chi connectivity index (χ0v) is 22.6. The number of hydrogen-bond donors (Lipinski definition) is 2. The minimum atomic E-state index is -5.08. The summed E-state index contributed by atoms with van der Waals surface area (Å²) in [7, 11) is -0.531. The summed E-state index contributed by atoms with van der Waals surface area (Å²) in [6, 6.07) is 2.75. The highest BCUT2D eigenvalue weighted by Gasteiger charge is 2.67. The van der Waals surface area contributed by atoms with E-state index in [1.54, 1.807) is 6.92 Å². The number of imide groups is 1. The van der Waals surface area contributed by atoms with Crippen LogP contribution >= 0.6 is 0 Å². The number of aliphatic carboxylic acids is 1. The van der Waals surface area contributed by atoms with Gasteiger partial charge in [0.05, 0.1) is 23.8 Å². The molecule has 0 aliphatic carbocycles. The Morgan fingerprint density at radius 3 is 2.02 bits per heavy atom. The maximum Gasteiger partial charge on any atom is 0.573 e. The van der Waals surface area contributed by atoms with Crippen molar-refractivity contribution in [3.63, 3.8) is 0 Å². The fraction of sp³-hybridized carbons (Fsp3) is 0.545. The molecule has 0 spiro atoms. The number of nitrogens with one attached hydrogen (secondary N) is 1. The third-order valence-corrected chi connectivity index (χ3v) is 8.39. The first kappa shape index (κ1) is 33.8. The highest BCUT2D eigenvalue weighted by molar-refractivity contribution is 7.89. The second-order valence-electron chi connectivity index (χ2n) is 8.91. The summed E-state index contributed by atoms with van der Waals surface area (Å²) in [5, 5.41) is 10.1. The number of carboxylic acid groups (broad SMARTS) is 1. The number of methoxy groups -OCH3 is 1. The summed E-state index contributed by atoms with van der Waals surface area (Å²) >= 11 is 0. The molecule has 0 bridgehead atoms. The van der Waals surface area contributed by atoms with E-state index in [2.05, 4.69) is 10.1 Å². The van der Waals surface area contributed by atoms with Crippen molar-refractivity contribution >= 4 is 33.8 Å². The topological polar surface area (TPSA) is 160 Å². The number of amides is 2. The van der Waals surface area contributed by atoms with Crippen LogP contribution in [-0.4, -0.2) is 98.4 Å². The molecule has 0 radical (unpaired) electrons. The number of likely N-dealkylation sites (tertiary alicyclic amines) is 1. The van der Waals surface area contributed by atoms with Crippen LogP contribution in [0.3, 0.4) is 0 Å². The fourth-order valence-corrected chi connectivity index (χ4v) is 5.83. The molecule has 41 heavy (non-hydrogen) atoms. The molecule has 2 saturated heterocycles. The monoisotopic (exact) mass is 621 g/mol. The van der Waals surface area contributed by atoms with Crippen molar-refractivity contribution in [2.45, 2.75) is 42.4 Å². The number of halogens is 6. The van der Waals surface area contributed by atoms with Gasteiger partial charge >= 0.3 is 24.5 Å².